The molecule has 0 atom stereocenters. The average Bonchev–Trinajstić information content (AvgIpc) is 3.06. The van der Waals surface area contributed by atoms with Gasteiger partial charge in [0.25, 0.3) is 0 Å². The average molecular weight is 344 g/mol. The molecule has 1 fully saturated rings. The van der Waals surface area contributed by atoms with Crippen molar-refractivity contribution in [1.82, 2.24) is 0 Å². The number of fused-ring (bicyclic) bond motifs is 4. The molecule has 0 saturated carbocycles. The van der Waals surface area contributed by atoms with Crippen LogP contribution in [0.4, 0.5) is 0 Å². The third-order valence-electron chi connectivity index (χ3n) is 5.90. The Kier molecular flexibility index (Phi) is 3.14. The van der Waals surface area contributed by atoms with E-state index in [1.807, 2.05) is 18.2 Å². The van der Waals surface area contributed by atoms with Crippen LogP contribution in [0.3, 0.4) is 0 Å². The van der Waals surface area contributed by atoms with Crippen LogP contribution in [0.5, 0.6) is 0 Å². The van der Waals surface area contributed by atoms with Gasteiger partial charge in [-0.2, -0.15) is 0 Å². The summed E-state index contributed by atoms with van der Waals surface area (Å²) >= 11 is 0. The van der Waals surface area contributed by atoms with E-state index in [2.05, 4.69) is 64.1 Å². The van der Waals surface area contributed by atoms with E-state index >= 15 is 0 Å². The van der Waals surface area contributed by atoms with E-state index in [1.165, 1.54) is 10.8 Å². The molecule has 3 nitrogen and oxygen atoms in total. The van der Waals surface area contributed by atoms with Gasteiger partial charge in [-0.25, -0.2) is 0 Å². The molecule has 2 heterocycles. The first-order valence-electron chi connectivity index (χ1n) is 9.05. The zero-order chi connectivity index (χ0) is 18.1. The van der Waals surface area contributed by atoms with Crippen LogP contribution >= 0.6 is 0 Å². The molecule has 4 aromatic rings. The summed E-state index contributed by atoms with van der Waals surface area (Å²) < 4.78 is 18.8. The van der Waals surface area contributed by atoms with Crippen molar-refractivity contribution in [2.45, 2.75) is 38.9 Å². The maximum Gasteiger partial charge on any atom is 0.495 e. The molecule has 0 amide bonds. The first kappa shape index (κ1) is 15.9. The van der Waals surface area contributed by atoms with Gasteiger partial charge in [0.05, 0.1) is 11.2 Å². The molecule has 1 aromatic heterocycles. The van der Waals surface area contributed by atoms with Crippen LogP contribution in [0.1, 0.15) is 27.7 Å². The molecular formula is C22H21BO3. The lowest BCUT2D eigenvalue weighted by atomic mass is 9.76. The van der Waals surface area contributed by atoms with Gasteiger partial charge < -0.3 is 13.7 Å². The van der Waals surface area contributed by atoms with Gasteiger partial charge in [0, 0.05) is 10.8 Å². The Morgan fingerprint density at radius 2 is 1.38 bits per heavy atom. The predicted octanol–water partition coefficient (Wildman–Crippen LogP) is 5.04. The van der Waals surface area contributed by atoms with Gasteiger partial charge in [-0.1, -0.05) is 36.4 Å². The number of hydrogen-bond donors (Lipinski definition) is 0. The molecule has 0 spiro atoms. The third-order valence-corrected chi connectivity index (χ3v) is 5.90. The van der Waals surface area contributed by atoms with Crippen LogP contribution in [0.2, 0.25) is 0 Å². The first-order chi connectivity index (χ1) is 12.4. The van der Waals surface area contributed by atoms with Crippen molar-refractivity contribution in [3.05, 3.63) is 54.6 Å². The lowest BCUT2D eigenvalue weighted by Gasteiger charge is -2.32. The lowest BCUT2D eigenvalue weighted by molar-refractivity contribution is 0.00578. The Morgan fingerprint density at radius 3 is 2.08 bits per heavy atom. The molecule has 1 aliphatic heterocycles. The summed E-state index contributed by atoms with van der Waals surface area (Å²) in [6.45, 7) is 8.31. The summed E-state index contributed by atoms with van der Waals surface area (Å²) in [4.78, 5) is 0. The van der Waals surface area contributed by atoms with Gasteiger partial charge in [-0.05, 0) is 62.1 Å². The zero-order valence-corrected chi connectivity index (χ0v) is 15.5. The fourth-order valence-electron chi connectivity index (χ4n) is 3.71. The molecule has 0 radical (unpaired) electrons. The normalized spacial score (nSPS) is 19.0. The van der Waals surface area contributed by atoms with Gasteiger partial charge in [-0.15, -0.1) is 0 Å². The Bertz CT molecular complexity index is 1140. The zero-order valence-electron chi connectivity index (χ0n) is 15.5. The van der Waals surface area contributed by atoms with Crippen LogP contribution in [0, 0.1) is 0 Å². The van der Waals surface area contributed by atoms with Crippen LogP contribution in [-0.4, -0.2) is 18.3 Å². The first-order valence-corrected chi connectivity index (χ1v) is 9.05. The highest BCUT2D eigenvalue weighted by Gasteiger charge is 2.52. The molecule has 0 unspecified atom stereocenters. The summed E-state index contributed by atoms with van der Waals surface area (Å²) in [5.41, 5.74) is 2.04. The quantitative estimate of drug-likeness (QED) is 0.454. The van der Waals surface area contributed by atoms with E-state index in [9.17, 15) is 0 Å². The highest BCUT2D eigenvalue weighted by molar-refractivity contribution is 6.66. The third kappa shape index (κ3) is 2.16. The summed E-state index contributed by atoms with van der Waals surface area (Å²) in [5, 5.41) is 4.55. The van der Waals surface area contributed by atoms with Crippen molar-refractivity contribution in [3.63, 3.8) is 0 Å². The van der Waals surface area contributed by atoms with Crippen molar-refractivity contribution < 1.29 is 13.7 Å². The minimum Gasteiger partial charge on any atom is -0.456 e. The lowest BCUT2D eigenvalue weighted by Crippen LogP contribution is -2.41. The maximum absolute atomic E-state index is 6.30. The molecule has 26 heavy (non-hydrogen) atoms. The van der Waals surface area contributed by atoms with E-state index in [0.717, 1.165) is 27.4 Å². The minimum absolute atomic E-state index is 0.369. The van der Waals surface area contributed by atoms with E-state index in [-0.39, 0.29) is 11.2 Å². The maximum atomic E-state index is 6.30. The van der Waals surface area contributed by atoms with Crippen molar-refractivity contribution in [2.24, 2.45) is 0 Å². The molecular weight excluding hydrogens is 323 g/mol. The Morgan fingerprint density at radius 1 is 0.731 bits per heavy atom. The number of furan rings is 1. The van der Waals surface area contributed by atoms with E-state index in [1.54, 1.807) is 0 Å². The van der Waals surface area contributed by atoms with Gasteiger partial charge >= 0.3 is 7.12 Å². The summed E-state index contributed by atoms with van der Waals surface area (Å²) in [6, 6.07) is 18.7. The molecule has 3 aromatic carbocycles. The van der Waals surface area contributed by atoms with Crippen LogP contribution in [0.25, 0.3) is 32.7 Å². The van der Waals surface area contributed by atoms with Crippen LogP contribution < -0.4 is 5.46 Å². The minimum atomic E-state index is -0.407. The molecule has 5 rings (SSSR count). The van der Waals surface area contributed by atoms with Gasteiger partial charge in [0.1, 0.15) is 11.2 Å². The molecule has 1 aliphatic rings. The van der Waals surface area contributed by atoms with Crippen LogP contribution in [-0.2, 0) is 9.31 Å². The summed E-state index contributed by atoms with van der Waals surface area (Å²) in [6.07, 6.45) is 0. The Balaban J connectivity index is 1.77. The summed E-state index contributed by atoms with van der Waals surface area (Å²) in [7, 11) is -0.407. The molecule has 0 aliphatic carbocycles. The topological polar surface area (TPSA) is 31.6 Å². The monoisotopic (exact) mass is 344 g/mol. The van der Waals surface area contributed by atoms with Crippen molar-refractivity contribution >= 4 is 45.3 Å². The van der Waals surface area contributed by atoms with Crippen LogP contribution in [0.15, 0.2) is 59.0 Å². The fraction of sp³-hybridized carbons (Fsp3) is 0.273. The number of hydrogen-bond acceptors (Lipinski definition) is 3. The highest BCUT2D eigenvalue weighted by Crippen LogP contribution is 2.38. The fourth-order valence-corrected chi connectivity index (χ4v) is 3.71. The molecule has 0 N–H and O–H groups in total. The number of benzene rings is 3. The molecule has 130 valence electrons. The standard InChI is InChI=1S/C22H21BO3/c1-21(2)22(3,4)26-23(25-21)17-10-7-11-18-20(17)16-12-14-8-5-6-9-15(14)13-19(16)24-18/h5-13H,1-4H3. The number of rotatable bonds is 1. The van der Waals surface area contributed by atoms with Gasteiger partial charge in [0.2, 0.25) is 0 Å². The second kappa shape index (κ2) is 5.12. The van der Waals surface area contributed by atoms with E-state index < -0.39 is 7.12 Å². The summed E-state index contributed by atoms with van der Waals surface area (Å²) in [5.74, 6) is 0. The van der Waals surface area contributed by atoms with E-state index in [0.29, 0.717) is 0 Å². The Hall–Kier alpha value is -2.30. The highest BCUT2D eigenvalue weighted by atomic mass is 16.7. The largest absolute Gasteiger partial charge is 0.495 e. The molecule has 1 saturated heterocycles. The molecule has 4 heteroatoms. The second-order valence-electron chi connectivity index (χ2n) is 8.11. The van der Waals surface area contributed by atoms with Gasteiger partial charge in [0.15, 0.2) is 0 Å². The van der Waals surface area contributed by atoms with Crippen molar-refractivity contribution in [1.29, 1.82) is 0 Å². The SMILES string of the molecule is CC1(C)OB(c2cccc3oc4cc5ccccc5cc4c23)OC1(C)C. The van der Waals surface area contributed by atoms with E-state index in [4.69, 9.17) is 13.7 Å². The second-order valence-corrected chi connectivity index (χ2v) is 8.11. The Labute approximate surface area is 153 Å². The van der Waals surface area contributed by atoms with Gasteiger partial charge in [-0.3, -0.25) is 0 Å². The predicted molar refractivity (Wildman–Crippen MR) is 107 cm³/mol. The molecule has 0 bridgehead atoms. The smallest absolute Gasteiger partial charge is 0.456 e. The van der Waals surface area contributed by atoms with Crippen molar-refractivity contribution in [3.8, 4) is 0 Å². The van der Waals surface area contributed by atoms with Crippen molar-refractivity contribution in [2.75, 3.05) is 0 Å².